The highest BCUT2D eigenvalue weighted by molar-refractivity contribution is 5.79. The van der Waals surface area contributed by atoms with Gasteiger partial charge in [-0.25, -0.2) is 0 Å². The zero-order valence-corrected chi connectivity index (χ0v) is 13.9. The number of aromatic nitrogens is 2. The normalized spacial score (nSPS) is 20.5. The molecular formula is C18H25N3O2. The first-order chi connectivity index (χ1) is 11.1. The van der Waals surface area contributed by atoms with E-state index in [4.69, 9.17) is 4.74 Å². The predicted molar refractivity (Wildman–Crippen MR) is 90.1 cm³/mol. The SMILES string of the molecule is CC1(C)CC(C(=O)NCCCn2ncc3ccccc32)CCO1. The number of hydrogen-bond donors (Lipinski definition) is 1. The van der Waals surface area contributed by atoms with Crippen LogP contribution >= 0.6 is 0 Å². The minimum absolute atomic E-state index is 0.0734. The van der Waals surface area contributed by atoms with E-state index in [1.807, 2.05) is 23.0 Å². The standard InChI is InChI=1S/C18H25N3O2/c1-18(2)12-14(8-11-23-18)17(22)19-9-5-10-21-16-7-4-3-6-15(16)13-20-21/h3-4,6-7,13-14H,5,8-12H2,1-2H3,(H,19,22). The summed E-state index contributed by atoms with van der Waals surface area (Å²) < 4.78 is 7.67. The van der Waals surface area contributed by atoms with Crippen molar-refractivity contribution in [3.05, 3.63) is 30.5 Å². The number of ether oxygens (including phenoxy) is 1. The van der Waals surface area contributed by atoms with Crippen molar-refractivity contribution in [3.63, 3.8) is 0 Å². The van der Waals surface area contributed by atoms with Gasteiger partial charge in [-0.05, 0) is 39.2 Å². The molecule has 124 valence electrons. The monoisotopic (exact) mass is 315 g/mol. The van der Waals surface area contributed by atoms with Gasteiger partial charge in [-0.1, -0.05) is 18.2 Å². The number of rotatable bonds is 5. The number of nitrogens with one attached hydrogen (secondary N) is 1. The highest BCUT2D eigenvalue weighted by Gasteiger charge is 2.32. The molecule has 0 saturated carbocycles. The number of fused-ring (bicyclic) bond motifs is 1. The summed E-state index contributed by atoms with van der Waals surface area (Å²) in [6, 6.07) is 8.18. The van der Waals surface area contributed by atoms with E-state index >= 15 is 0 Å². The molecule has 1 aliphatic rings. The van der Waals surface area contributed by atoms with Crippen LogP contribution in [0, 0.1) is 5.92 Å². The first-order valence-electron chi connectivity index (χ1n) is 8.37. The summed E-state index contributed by atoms with van der Waals surface area (Å²) in [4.78, 5) is 12.3. The Morgan fingerprint density at radius 2 is 2.26 bits per heavy atom. The molecule has 1 fully saturated rings. The molecule has 5 nitrogen and oxygen atoms in total. The van der Waals surface area contributed by atoms with Crippen LogP contribution in [0.3, 0.4) is 0 Å². The third kappa shape index (κ3) is 3.91. The number of amides is 1. The number of carbonyl (C=O) groups is 1. The van der Waals surface area contributed by atoms with E-state index in [-0.39, 0.29) is 17.4 Å². The van der Waals surface area contributed by atoms with Crippen LogP contribution in [0.4, 0.5) is 0 Å². The van der Waals surface area contributed by atoms with Crippen molar-refractivity contribution in [2.75, 3.05) is 13.2 Å². The molecule has 3 rings (SSSR count). The zero-order chi connectivity index (χ0) is 16.3. The number of para-hydroxylation sites is 1. The van der Waals surface area contributed by atoms with Crippen LogP contribution in [-0.2, 0) is 16.1 Å². The molecule has 1 unspecified atom stereocenters. The number of carbonyl (C=O) groups excluding carboxylic acids is 1. The van der Waals surface area contributed by atoms with Gasteiger partial charge in [0.1, 0.15) is 0 Å². The smallest absolute Gasteiger partial charge is 0.223 e. The van der Waals surface area contributed by atoms with Crippen LogP contribution in [0.1, 0.15) is 33.1 Å². The predicted octanol–water partition coefficient (Wildman–Crippen LogP) is 2.75. The van der Waals surface area contributed by atoms with Crippen molar-refractivity contribution in [1.82, 2.24) is 15.1 Å². The maximum Gasteiger partial charge on any atom is 0.223 e. The summed E-state index contributed by atoms with van der Waals surface area (Å²) in [7, 11) is 0. The Balaban J connectivity index is 1.45. The largest absolute Gasteiger partial charge is 0.376 e. The summed E-state index contributed by atoms with van der Waals surface area (Å²) >= 11 is 0. The molecule has 1 aromatic carbocycles. The van der Waals surface area contributed by atoms with Gasteiger partial charge in [0.25, 0.3) is 0 Å². The topological polar surface area (TPSA) is 56.2 Å². The fraction of sp³-hybridized carbons (Fsp3) is 0.556. The van der Waals surface area contributed by atoms with E-state index in [0.717, 1.165) is 36.7 Å². The van der Waals surface area contributed by atoms with Crippen LogP contribution in [0.25, 0.3) is 10.9 Å². The third-order valence-electron chi connectivity index (χ3n) is 4.46. The second-order valence-electron chi connectivity index (χ2n) is 6.87. The van der Waals surface area contributed by atoms with Gasteiger partial charge in [0.2, 0.25) is 5.91 Å². The molecule has 0 radical (unpaired) electrons. The van der Waals surface area contributed by atoms with Crippen LogP contribution in [0.5, 0.6) is 0 Å². The fourth-order valence-electron chi connectivity index (χ4n) is 3.24. The van der Waals surface area contributed by atoms with E-state index < -0.39 is 0 Å². The molecule has 1 atom stereocenters. The van der Waals surface area contributed by atoms with E-state index in [1.165, 1.54) is 0 Å². The van der Waals surface area contributed by atoms with Crippen molar-refractivity contribution < 1.29 is 9.53 Å². The number of hydrogen-bond acceptors (Lipinski definition) is 3. The minimum atomic E-state index is -0.186. The number of nitrogens with zero attached hydrogens (tertiary/aromatic N) is 2. The Kier molecular flexibility index (Phi) is 4.66. The number of benzene rings is 1. The third-order valence-corrected chi connectivity index (χ3v) is 4.46. The van der Waals surface area contributed by atoms with Crippen LogP contribution in [-0.4, -0.2) is 34.4 Å². The van der Waals surface area contributed by atoms with Gasteiger partial charge >= 0.3 is 0 Å². The van der Waals surface area contributed by atoms with E-state index in [9.17, 15) is 4.79 Å². The molecule has 2 aromatic rings. The molecule has 1 saturated heterocycles. The molecule has 0 spiro atoms. The summed E-state index contributed by atoms with van der Waals surface area (Å²) in [6.45, 7) is 6.27. The average molecular weight is 315 g/mol. The summed E-state index contributed by atoms with van der Waals surface area (Å²) in [5.74, 6) is 0.232. The van der Waals surface area contributed by atoms with Gasteiger partial charge < -0.3 is 10.1 Å². The van der Waals surface area contributed by atoms with Gasteiger partial charge in [-0.3, -0.25) is 9.48 Å². The van der Waals surface area contributed by atoms with Crippen molar-refractivity contribution in [2.45, 2.75) is 45.3 Å². The van der Waals surface area contributed by atoms with Crippen molar-refractivity contribution >= 4 is 16.8 Å². The second kappa shape index (κ2) is 6.71. The van der Waals surface area contributed by atoms with Crippen LogP contribution < -0.4 is 5.32 Å². The summed E-state index contributed by atoms with van der Waals surface area (Å²) in [6.07, 6.45) is 4.38. The van der Waals surface area contributed by atoms with Gasteiger partial charge in [0.15, 0.2) is 0 Å². The van der Waals surface area contributed by atoms with Crippen molar-refractivity contribution in [2.24, 2.45) is 5.92 Å². The van der Waals surface area contributed by atoms with Gasteiger partial charge in [0, 0.05) is 31.0 Å². The maximum absolute atomic E-state index is 12.3. The van der Waals surface area contributed by atoms with E-state index in [1.54, 1.807) is 0 Å². The molecule has 1 N–H and O–H groups in total. The molecule has 1 amide bonds. The van der Waals surface area contributed by atoms with Gasteiger partial charge in [-0.2, -0.15) is 5.10 Å². The van der Waals surface area contributed by atoms with Crippen molar-refractivity contribution in [3.8, 4) is 0 Å². The molecule has 5 heteroatoms. The van der Waals surface area contributed by atoms with E-state index in [0.29, 0.717) is 13.2 Å². The molecule has 1 aliphatic heterocycles. The first kappa shape index (κ1) is 16.0. The Labute approximate surface area is 137 Å². The summed E-state index contributed by atoms with van der Waals surface area (Å²) in [5.41, 5.74) is 0.957. The second-order valence-corrected chi connectivity index (χ2v) is 6.87. The molecule has 0 aliphatic carbocycles. The molecular weight excluding hydrogens is 290 g/mol. The first-order valence-corrected chi connectivity index (χ1v) is 8.37. The van der Waals surface area contributed by atoms with Gasteiger partial charge in [-0.15, -0.1) is 0 Å². The average Bonchev–Trinajstić information content (AvgIpc) is 2.94. The lowest BCUT2D eigenvalue weighted by molar-refractivity contribution is -0.135. The van der Waals surface area contributed by atoms with Crippen LogP contribution in [0.2, 0.25) is 0 Å². The Hall–Kier alpha value is -1.88. The fourth-order valence-corrected chi connectivity index (χ4v) is 3.24. The Morgan fingerprint density at radius 1 is 1.43 bits per heavy atom. The van der Waals surface area contributed by atoms with Crippen LogP contribution in [0.15, 0.2) is 30.5 Å². The molecule has 0 bridgehead atoms. The Morgan fingerprint density at radius 3 is 3.09 bits per heavy atom. The lowest BCUT2D eigenvalue weighted by Gasteiger charge is -2.34. The van der Waals surface area contributed by atoms with E-state index in [2.05, 4.69) is 36.4 Å². The molecule has 1 aromatic heterocycles. The molecule has 2 heterocycles. The lowest BCUT2D eigenvalue weighted by atomic mass is 9.88. The quantitative estimate of drug-likeness (QED) is 0.863. The highest BCUT2D eigenvalue weighted by Crippen LogP contribution is 2.28. The minimum Gasteiger partial charge on any atom is -0.376 e. The lowest BCUT2D eigenvalue weighted by Crippen LogP contribution is -2.41. The summed E-state index contributed by atoms with van der Waals surface area (Å²) in [5, 5.41) is 8.63. The van der Waals surface area contributed by atoms with Crippen molar-refractivity contribution in [1.29, 1.82) is 0 Å². The van der Waals surface area contributed by atoms with Gasteiger partial charge in [0.05, 0.1) is 17.3 Å². The molecule has 23 heavy (non-hydrogen) atoms. The maximum atomic E-state index is 12.3. The zero-order valence-electron chi connectivity index (χ0n) is 13.9. The highest BCUT2D eigenvalue weighted by atomic mass is 16.5. The number of aryl methyl sites for hydroxylation is 1. The Bertz CT molecular complexity index is 678.